The summed E-state index contributed by atoms with van der Waals surface area (Å²) in [6, 6.07) is 7.33. The molecule has 1 aliphatic heterocycles. The first-order valence-corrected chi connectivity index (χ1v) is 10.0. The molecule has 1 aromatic carbocycles. The maximum Gasteiger partial charge on any atom is 0.410 e. The lowest BCUT2D eigenvalue weighted by molar-refractivity contribution is -0.122. The Hall–Kier alpha value is -2.04. The Labute approximate surface area is 165 Å². The van der Waals surface area contributed by atoms with Gasteiger partial charge in [-0.25, -0.2) is 4.79 Å². The fraction of sp³-hybridized carbons (Fsp3) is 0.636. The second-order valence-electron chi connectivity index (χ2n) is 7.07. The van der Waals surface area contributed by atoms with Gasteiger partial charge in [0.15, 0.2) is 0 Å². The van der Waals surface area contributed by atoms with Crippen molar-refractivity contribution in [2.45, 2.75) is 79.9 Å². The molecule has 27 heavy (non-hydrogen) atoms. The largest absolute Gasteiger partial charge is 0.444 e. The molecule has 1 fully saturated rings. The Balaban J connectivity index is 0.00000158. The van der Waals surface area contributed by atoms with Crippen molar-refractivity contribution in [2.24, 2.45) is 0 Å². The molecule has 0 N–H and O–H groups in total. The van der Waals surface area contributed by atoms with Crippen molar-refractivity contribution >= 4 is 17.7 Å². The van der Waals surface area contributed by atoms with Gasteiger partial charge in [0.05, 0.1) is 0 Å². The zero-order valence-corrected chi connectivity index (χ0v) is 18.6. The van der Waals surface area contributed by atoms with Crippen LogP contribution in [0.15, 0.2) is 24.3 Å². The third-order valence-electron chi connectivity index (χ3n) is 3.89. The molecule has 0 aromatic heterocycles. The molecule has 0 aliphatic carbocycles. The highest BCUT2D eigenvalue weighted by Gasteiger charge is 2.38. The van der Waals surface area contributed by atoms with Crippen molar-refractivity contribution in [3.05, 3.63) is 29.8 Å². The van der Waals surface area contributed by atoms with Gasteiger partial charge in [0.1, 0.15) is 11.6 Å². The van der Waals surface area contributed by atoms with E-state index in [2.05, 4.69) is 0 Å². The van der Waals surface area contributed by atoms with Gasteiger partial charge >= 0.3 is 6.09 Å². The quantitative estimate of drug-likeness (QED) is 0.691. The summed E-state index contributed by atoms with van der Waals surface area (Å²) in [6.45, 7) is 16.0. The lowest BCUT2D eigenvalue weighted by Crippen LogP contribution is -2.48. The minimum absolute atomic E-state index is 0.0704. The van der Waals surface area contributed by atoms with E-state index in [4.69, 9.17) is 4.74 Å². The van der Waals surface area contributed by atoms with Gasteiger partial charge in [-0.15, -0.1) is 0 Å². The van der Waals surface area contributed by atoms with Gasteiger partial charge in [0, 0.05) is 19.3 Å². The van der Waals surface area contributed by atoms with Crippen LogP contribution in [0.5, 0.6) is 0 Å². The van der Waals surface area contributed by atoms with Crippen LogP contribution in [0.25, 0.3) is 0 Å². The number of nitrogens with zero attached hydrogens (tertiary/aromatic N) is 2. The van der Waals surface area contributed by atoms with Gasteiger partial charge in [0.2, 0.25) is 5.91 Å². The summed E-state index contributed by atoms with van der Waals surface area (Å²) < 4.78 is 5.42. The highest BCUT2D eigenvalue weighted by molar-refractivity contribution is 5.98. The van der Waals surface area contributed by atoms with Crippen molar-refractivity contribution < 1.29 is 14.3 Å². The van der Waals surface area contributed by atoms with Gasteiger partial charge in [-0.2, -0.15) is 0 Å². The molecule has 0 radical (unpaired) electrons. The molecular formula is C22H38N2O3. The molecule has 5 heteroatoms. The number of anilines is 1. The number of carbonyl (C=O) groups is 2. The average molecular weight is 379 g/mol. The van der Waals surface area contributed by atoms with Crippen LogP contribution in [0.4, 0.5) is 10.5 Å². The topological polar surface area (TPSA) is 49.9 Å². The lowest BCUT2D eigenvalue weighted by Gasteiger charge is -2.30. The van der Waals surface area contributed by atoms with Crippen molar-refractivity contribution in [3.63, 3.8) is 0 Å². The molecule has 1 saturated heterocycles. The highest BCUT2D eigenvalue weighted by Crippen LogP contribution is 2.24. The summed E-state index contributed by atoms with van der Waals surface area (Å²) in [5.41, 5.74) is 1.37. The molecule has 0 bridgehead atoms. The minimum Gasteiger partial charge on any atom is -0.444 e. The van der Waals surface area contributed by atoms with Crippen molar-refractivity contribution in [3.8, 4) is 0 Å². The number of benzene rings is 1. The molecule has 1 atom stereocenters. The number of carbonyl (C=O) groups excluding carboxylic acids is 2. The Morgan fingerprint density at radius 1 is 1.15 bits per heavy atom. The molecular weight excluding hydrogens is 340 g/mol. The van der Waals surface area contributed by atoms with Crippen LogP contribution in [0.3, 0.4) is 0 Å². The third kappa shape index (κ3) is 7.61. The number of likely N-dealkylation sites (tertiary alicyclic amines) is 1. The number of aryl methyl sites for hydroxylation is 1. The van der Waals surface area contributed by atoms with E-state index >= 15 is 0 Å². The van der Waals surface area contributed by atoms with Gasteiger partial charge in [-0.1, -0.05) is 39.8 Å². The average Bonchev–Trinajstić information content (AvgIpc) is 3.12. The van der Waals surface area contributed by atoms with Crippen LogP contribution < -0.4 is 4.90 Å². The van der Waals surface area contributed by atoms with Gasteiger partial charge in [-0.3, -0.25) is 9.69 Å². The first-order valence-electron chi connectivity index (χ1n) is 10.0. The SMILES string of the molecule is CC.CC.Cc1cccc(N(C)C(=O)C2CCCN2C(=O)OC(C)(C)C)c1. The second kappa shape index (κ2) is 11.6. The van der Waals surface area contributed by atoms with Gasteiger partial charge in [-0.05, 0) is 58.2 Å². The molecule has 1 heterocycles. The standard InChI is InChI=1S/C18H26N2O3.2C2H6/c1-13-8-6-9-14(12-13)19(5)16(21)15-10-7-11-20(15)17(22)23-18(2,3)4;2*1-2/h6,8-9,12,15H,7,10-11H2,1-5H3;2*1-2H3. The Bertz CT molecular complexity index is 593. The third-order valence-corrected chi connectivity index (χ3v) is 3.89. The van der Waals surface area contributed by atoms with E-state index in [0.29, 0.717) is 13.0 Å². The summed E-state index contributed by atoms with van der Waals surface area (Å²) in [4.78, 5) is 28.3. The van der Waals surface area contributed by atoms with Gasteiger partial charge in [0.25, 0.3) is 0 Å². The fourth-order valence-corrected chi connectivity index (χ4v) is 2.75. The maximum absolute atomic E-state index is 12.8. The van der Waals surface area contributed by atoms with E-state index in [1.54, 1.807) is 16.8 Å². The van der Waals surface area contributed by atoms with Crippen LogP contribution in [0.1, 0.15) is 66.9 Å². The van der Waals surface area contributed by atoms with Crippen LogP contribution in [0.2, 0.25) is 0 Å². The van der Waals surface area contributed by atoms with Crippen molar-refractivity contribution in [1.29, 1.82) is 0 Å². The van der Waals surface area contributed by atoms with E-state index in [-0.39, 0.29) is 5.91 Å². The molecule has 0 spiro atoms. The molecule has 2 amide bonds. The van der Waals surface area contributed by atoms with Crippen molar-refractivity contribution in [2.75, 3.05) is 18.5 Å². The minimum atomic E-state index is -0.560. The molecule has 5 nitrogen and oxygen atoms in total. The summed E-state index contributed by atoms with van der Waals surface area (Å²) in [5, 5.41) is 0. The van der Waals surface area contributed by atoms with Crippen molar-refractivity contribution in [1.82, 2.24) is 4.90 Å². The molecule has 1 aromatic rings. The first-order chi connectivity index (χ1) is 12.7. The first kappa shape index (κ1) is 25.0. The van der Waals surface area contributed by atoms with Crippen LogP contribution >= 0.6 is 0 Å². The van der Waals surface area contributed by atoms with E-state index < -0.39 is 17.7 Å². The number of amides is 2. The Morgan fingerprint density at radius 3 is 2.26 bits per heavy atom. The molecule has 2 rings (SSSR count). The number of hydrogen-bond donors (Lipinski definition) is 0. The molecule has 1 aliphatic rings. The summed E-state index contributed by atoms with van der Waals surface area (Å²) in [5.74, 6) is -0.0704. The number of rotatable bonds is 2. The normalized spacial score (nSPS) is 15.7. The zero-order valence-electron chi connectivity index (χ0n) is 18.6. The predicted octanol–water partition coefficient (Wildman–Crippen LogP) is 5.41. The van der Waals surface area contributed by atoms with Gasteiger partial charge < -0.3 is 9.64 Å². The van der Waals surface area contributed by atoms with Crippen LogP contribution in [0, 0.1) is 6.92 Å². The molecule has 154 valence electrons. The second-order valence-corrected chi connectivity index (χ2v) is 7.07. The summed E-state index contributed by atoms with van der Waals surface area (Å²) >= 11 is 0. The van der Waals surface area contributed by atoms with E-state index in [9.17, 15) is 9.59 Å². The number of hydrogen-bond acceptors (Lipinski definition) is 3. The highest BCUT2D eigenvalue weighted by atomic mass is 16.6. The summed E-state index contributed by atoms with van der Waals surface area (Å²) in [7, 11) is 1.75. The molecule has 1 unspecified atom stereocenters. The predicted molar refractivity (Wildman–Crippen MR) is 113 cm³/mol. The number of ether oxygens (including phenoxy) is 1. The van der Waals surface area contributed by atoms with Crippen LogP contribution in [-0.4, -0.2) is 42.1 Å². The smallest absolute Gasteiger partial charge is 0.410 e. The monoisotopic (exact) mass is 378 g/mol. The van der Waals surface area contributed by atoms with E-state index in [0.717, 1.165) is 17.7 Å². The zero-order chi connectivity index (χ0) is 21.2. The fourth-order valence-electron chi connectivity index (χ4n) is 2.75. The van der Waals surface area contributed by atoms with E-state index in [1.165, 1.54) is 0 Å². The van der Waals surface area contributed by atoms with Crippen LogP contribution in [-0.2, 0) is 9.53 Å². The number of likely N-dealkylation sites (N-methyl/N-ethyl adjacent to an activating group) is 1. The Kier molecular flexibility index (Phi) is 10.7. The lowest BCUT2D eigenvalue weighted by atomic mass is 10.1. The molecule has 0 saturated carbocycles. The van der Waals surface area contributed by atoms with E-state index in [1.807, 2.05) is 79.7 Å². The summed E-state index contributed by atoms with van der Waals surface area (Å²) in [6.07, 6.45) is 1.08. The Morgan fingerprint density at radius 2 is 1.74 bits per heavy atom. The maximum atomic E-state index is 12.8.